The summed E-state index contributed by atoms with van der Waals surface area (Å²) in [5.74, 6) is -0.110. The van der Waals surface area contributed by atoms with Gasteiger partial charge < -0.3 is 10.1 Å². The largest absolute Gasteiger partial charge is 0.375 e. The Morgan fingerprint density at radius 1 is 1.71 bits per heavy atom. The third-order valence-electron chi connectivity index (χ3n) is 1.66. The summed E-state index contributed by atoms with van der Waals surface area (Å²) in [6.45, 7) is 2.68. The second-order valence-electron chi connectivity index (χ2n) is 2.78. The smallest absolute Gasteiger partial charge is 0.246 e. The van der Waals surface area contributed by atoms with Crippen LogP contribution in [0, 0.1) is 0 Å². The predicted octanol–water partition coefficient (Wildman–Crippen LogP) is 0.968. The van der Waals surface area contributed by atoms with E-state index in [4.69, 9.17) is 0 Å². The summed E-state index contributed by atoms with van der Waals surface area (Å²) in [6, 6.07) is 0. The van der Waals surface area contributed by atoms with Gasteiger partial charge >= 0.3 is 0 Å². The number of hydrogen-bond acceptors (Lipinski definition) is 4. The van der Waals surface area contributed by atoms with E-state index in [1.54, 1.807) is 11.3 Å². The van der Waals surface area contributed by atoms with Crippen LogP contribution in [0.3, 0.4) is 0 Å². The van der Waals surface area contributed by atoms with Gasteiger partial charge in [-0.1, -0.05) is 6.92 Å². The molecule has 1 rings (SSSR count). The highest BCUT2D eigenvalue weighted by atomic mass is 32.1. The molecule has 78 valence electrons. The Bertz CT molecular complexity index is 299. The van der Waals surface area contributed by atoms with Gasteiger partial charge in [-0.15, -0.1) is 11.3 Å². The van der Waals surface area contributed by atoms with E-state index >= 15 is 0 Å². The number of nitrogens with one attached hydrogen (secondary N) is 1. The minimum atomic E-state index is -0.110. The molecule has 1 amide bonds. The third kappa shape index (κ3) is 3.43. The first-order valence-corrected chi connectivity index (χ1v) is 5.27. The Balaban J connectivity index is 2.34. The number of nitrogens with zero attached hydrogens (tertiary/aromatic N) is 1. The van der Waals surface area contributed by atoms with Gasteiger partial charge in [0.15, 0.2) is 0 Å². The number of ether oxygens (including phenoxy) is 1. The van der Waals surface area contributed by atoms with Gasteiger partial charge in [0.25, 0.3) is 0 Å². The summed E-state index contributed by atoms with van der Waals surface area (Å²) in [7, 11) is 1.50. The van der Waals surface area contributed by atoms with E-state index in [-0.39, 0.29) is 12.5 Å². The van der Waals surface area contributed by atoms with E-state index in [1.807, 2.05) is 6.20 Å². The molecule has 1 heterocycles. The van der Waals surface area contributed by atoms with Crippen LogP contribution >= 0.6 is 11.3 Å². The molecule has 0 unspecified atom stereocenters. The molecular weight excluding hydrogens is 200 g/mol. The molecule has 1 aromatic heterocycles. The molecule has 0 spiro atoms. The summed E-state index contributed by atoms with van der Waals surface area (Å²) in [5, 5.41) is 3.66. The molecule has 4 nitrogen and oxygen atoms in total. The molecule has 0 aliphatic rings. The van der Waals surface area contributed by atoms with Crippen molar-refractivity contribution in [1.82, 2.24) is 10.3 Å². The monoisotopic (exact) mass is 214 g/mol. The first-order valence-electron chi connectivity index (χ1n) is 4.45. The van der Waals surface area contributed by atoms with Crippen LogP contribution in [0.2, 0.25) is 0 Å². The summed E-state index contributed by atoms with van der Waals surface area (Å²) in [6.07, 6.45) is 2.84. The second kappa shape index (κ2) is 5.72. The molecule has 1 aromatic rings. The molecule has 0 saturated carbocycles. The number of carbonyl (C=O) groups is 1. The van der Waals surface area contributed by atoms with Gasteiger partial charge in [-0.25, -0.2) is 4.98 Å². The number of thiazole rings is 1. The van der Waals surface area contributed by atoms with Crippen LogP contribution < -0.4 is 5.32 Å². The van der Waals surface area contributed by atoms with Crippen molar-refractivity contribution in [2.24, 2.45) is 0 Å². The van der Waals surface area contributed by atoms with Crippen LogP contribution in [0.5, 0.6) is 0 Å². The average Bonchev–Trinajstić information content (AvgIpc) is 2.63. The molecule has 5 heteroatoms. The normalized spacial score (nSPS) is 10.1. The van der Waals surface area contributed by atoms with E-state index < -0.39 is 0 Å². The lowest BCUT2D eigenvalue weighted by atomic mass is 10.4. The number of methoxy groups -OCH3 is 1. The molecule has 1 N–H and O–H groups in total. The lowest BCUT2D eigenvalue weighted by molar-refractivity contribution is -0.124. The maximum Gasteiger partial charge on any atom is 0.246 e. The van der Waals surface area contributed by atoms with Gasteiger partial charge in [0.1, 0.15) is 11.6 Å². The molecule has 0 saturated heterocycles. The van der Waals surface area contributed by atoms with Gasteiger partial charge in [-0.2, -0.15) is 0 Å². The lowest BCUT2D eigenvalue weighted by Crippen LogP contribution is -2.26. The number of amides is 1. The van der Waals surface area contributed by atoms with Crippen LogP contribution in [0.25, 0.3) is 0 Å². The van der Waals surface area contributed by atoms with E-state index in [1.165, 1.54) is 12.0 Å². The first kappa shape index (κ1) is 11.1. The van der Waals surface area contributed by atoms with Crippen molar-refractivity contribution < 1.29 is 9.53 Å². The van der Waals surface area contributed by atoms with Crippen molar-refractivity contribution in [2.75, 3.05) is 13.7 Å². The van der Waals surface area contributed by atoms with Gasteiger partial charge in [0.05, 0.1) is 6.54 Å². The highest BCUT2D eigenvalue weighted by Crippen LogP contribution is 2.12. The fourth-order valence-corrected chi connectivity index (χ4v) is 1.75. The summed E-state index contributed by atoms with van der Waals surface area (Å²) < 4.78 is 4.69. The van der Waals surface area contributed by atoms with Crippen molar-refractivity contribution in [3.63, 3.8) is 0 Å². The Morgan fingerprint density at radius 2 is 2.50 bits per heavy atom. The topological polar surface area (TPSA) is 51.2 Å². The number of aromatic nitrogens is 1. The van der Waals surface area contributed by atoms with Crippen LogP contribution in [0.4, 0.5) is 0 Å². The number of hydrogen-bond donors (Lipinski definition) is 1. The number of rotatable bonds is 5. The standard InChI is InChI=1S/C9H14N2O2S/c1-3-7-4-11-9(14-7)5-10-8(12)6-13-2/h4H,3,5-6H2,1-2H3,(H,10,12). The van der Waals surface area contributed by atoms with Gasteiger partial charge in [-0.05, 0) is 6.42 Å². The molecule has 0 atom stereocenters. The molecular formula is C9H14N2O2S. The van der Waals surface area contributed by atoms with Crippen LogP contribution in [-0.2, 0) is 22.5 Å². The predicted molar refractivity (Wildman–Crippen MR) is 55.2 cm³/mol. The third-order valence-corrected chi connectivity index (χ3v) is 2.80. The van der Waals surface area contributed by atoms with E-state index in [2.05, 4.69) is 22.0 Å². The second-order valence-corrected chi connectivity index (χ2v) is 3.98. The first-order chi connectivity index (χ1) is 6.76. The van der Waals surface area contributed by atoms with Crippen molar-refractivity contribution in [3.05, 3.63) is 16.1 Å². The minimum Gasteiger partial charge on any atom is -0.375 e. The molecule has 0 fully saturated rings. The highest BCUT2D eigenvalue weighted by molar-refractivity contribution is 7.11. The van der Waals surface area contributed by atoms with E-state index in [9.17, 15) is 4.79 Å². The maximum absolute atomic E-state index is 11.0. The molecule has 14 heavy (non-hydrogen) atoms. The van der Waals surface area contributed by atoms with Crippen LogP contribution in [0.15, 0.2) is 6.20 Å². The molecule has 0 radical (unpaired) electrons. The van der Waals surface area contributed by atoms with Gasteiger partial charge in [-0.3, -0.25) is 4.79 Å². The average molecular weight is 214 g/mol. The maximum atomic E-state index is 11.0. The highest BCUT2D eigenvalue weighted by Gasteiger charge is 2.03. The summed E-state index contributed by atoms with van der Waals surface area (Å²) in [5.41, 5.74) is 0. The summed E-state index contributed by atoms with van der Waals surface area (Å²) in [4.78, 5) is 16.5. The minimum absolute atomic E-state index is 0.103. The Kier molecular flexibility index (Phi) is 4.55. The van der Waals surface area contributed by atoms with E-state index in [0.717, 1.165) is 11.4 Å². The number of carbonyl (C=O) groups excluding carboxylic acids is 1. The lowest BCUT2D eigenvalue weighted by Gasteiger charge is -2.00. The van der Waals surface area contributed by atoms with Crippen LogP contribution in [0.1, 0.15) is 16.8 Å². The van der Waals surface area contributed by atoms with Crippen molar-refractivity contribution >= 4 is 17.2 Å². The molecule has 0 aliphatic carbocycles. The van der Waals surface area contributed by atoms with Crippen molar-refractivity contribution in [2.45, 2.75) is 19.9 Å². The van der Waals surface area contributed by atoms with Crippen LogP contribution in [-0.4, -0.2) is 24.6 Å². The Hall–Kier alpha value is -0.940. The van der Waals surface area contributed by atoms with Gasteiger partial charge in [0, 0.05) is 18.2 Å². The SMILES string of the molecule is CCc1cnc(CNC(=O)COC)s1. The zero-order valence-electron chi connectivity index (χ0n) is 8.37. The zero-order valence-corrected chi connectivity index (χ0v) is 9.19. The molecule has 0 aliphatic heterocycles. The zero-order chi connectivity index (χ0) is 10.4. The Morgan fingerprint density at radius 3 is 3.07 bits per heavy atom. The molecule has 0 bridgehead atoms. The number of aryl methyl sites for hydroxylation is 1. The Labute approximate surface area is 87.3 Å². The van der Waals surface area contributed by atoms with Crippen molar-refractivity contribution in [3.8, 4) is 0 Å². The van der Waals surface area contributed by atoms with Crippen molar-refractivity contribution in [1.29, 1.82) is 0 Å². The fraction of sp³-hybridized carbons (Fsp3) is 0.556. The molecule has 0 aromatic carbocycles. The quantitative estimate of drug-likeness (QED) is 0.794. The van der Waals surface area contributed by atoms with Gasteiger partial charge in [0.2, 0.25) is 5.91 Å². The summed E-state index contributed by atoms with van der Waals surface area (Å²) >= 11 is 1.63. The fourth-order valence-electron chi connectivity index (χ4n) is 0.950. The van der Waals surface area contributed by atoms with E-state index in [0.29, 0.717) is 6.54 Å².